The van der Waals surface area contributed by atoms with Crippen LogP contribution in [0.4, 0.5) is 0 Å². The highest BCUT2D eigenvalue weighted by molar-refractivity contribution is 7.90. The molecule has 0 aliphatic rings. The van der Waals surface area contributed by atoms with Gasteiger partial charge in [-0.15, -0.1) is 0 Å². The zero-order chi connectivity index (χ0) is 12.9. The first-order valence-corrected chi connectivity index (χ1v) is 7.15. The molecule has 0 saturated carbocycles. The summed E-state index contributed by atoms with van der Waals surface area (Å²) in [5.41, 5.74) is 2.26. The minimum atomic E-state index is -3.39. The molecule has 0 spiro atoms. The average Bonchev–Trinajstić information content (AvgIpc) is 2.27. The van der Waals surface area contributed by atoms with Crippen molar-refractivity contribution < 1.29 is 13.5 Å². The second-order valence-electron chi connectivity index (χ2n) is 4.17. The molecular weight excluding hydrogens is 238 g/mol. The lowest BCUT2D eigenvalue weighted by Crippen LogP contribution is -2.35. The fourth-order valence-electron chi connectivity index (χ4n) is 1.45. The summed E-state index contributed by atoms with van der Waals surface area (Å²) >= 11 is 0. The van der Waals surface area contributed by atoms with E-state index in [2.05, 4.69) is 4.72 Å². The van der Waals surface area contributed by atoms with Crippen molar-refractivity contribution in [2.75, 3.05) is 13.2 Å². The molecule has 0 bridgehead atoms. The Hall–Kier alpha value is -0.910. The van der Waals surface area contributed by atoms with E-state index in [-0.39, 0.29) is 6.61 Å². The number of aliphatic hydroxyl groups excluding tert-OH is 1. The number of benzene rings is 1. The van der Waals surface area contributed by atoms with Crippen LogP contribution in [0.3, 0.4) is 0 Å². The average molecular weight is 257 g/mol. The van der Waals surface area contributed by atoms with Gasteiger partial charge in [-0.05, 0) is 25.8 Å². The maximum atomic E-state index is 11.5. The summed E-state index contributed by atoms with van der Waals surface area (Å²) in [6, 6.07) is 7.96. The van der Waals surface area contributed by atoms with Gasteiger partial charge in [0.15, 0.2) is 0 Å². The second-order valence-corrected chi connectivity index (χ2v) is 6.36. The Balaban J connectivity index is 2.48. The molecule has 1 aromatic carbocycles. The van der Waals surface area contributed by atoms with Crippen LogP contribution in [-0.4, -0.2) is 31.9 Å². The van der Waals surface area contributed by atoms with Gasteiger partial charge in [-0.2, -0.15) is 0 Å². The monoisotopic (exact) mass is 257 g/mol. The highest BCUT2D eigenvalue weighted by atomic mass is 32.2. The van der Waals surface area contributed by atoms with Crippen molar-refractivity contribution in [3.05, 3.63) is 35.4 Å². The molecule has 0 aliphatic heterocycles. The first kappa shape index (κ1) is 14.2. The van der Waals surface area contributed by atoms with E-state index in [0.29, 0.717) is 13.0 Å². The lowest BCUT2D eigenvalue weighted by Gasteiger charge is -2.11. The van der Waals surface area contributed by atoms with Crippen molar-refractivity contribution in [3.8, 4) is 0 Å². The molecule has 1 rings (SSSR count). The number of hydrogen-bond acceptors (Lipinski definition) is 3. The molecule has 1 unspecified atom stereocenters. The highest BCUT2D eigenvalue weighted by Gasteiger charge is 2.18. The third kappa shape index (κ3) is 4.46. The molecular formula is C12H19NO3S. The largest absolute Gasteiger partial charge is 0.395 e. The van der Waals surface area contributed by atoms with E-state index in [1.54, 1.807) is 0 Å². The molecule has 0 radical (unpaired) electrons. The van der Waals surface area contributed by atoms with E-state index in [9.17, 15) is 8.42 Å². The van der Waals surface area contributed by atoms with Crippen LogP contribution >= 0.6 is 0 Å². The Morgan fingerprint density at radius 3 is 2.71 bits per heavy atom. The van der Waals surface area contributed by atoms with Crippen LogP contribution in [0.1, 0.15) is 18.1 Å². The standard InChI is InChI=1S/C12H19NO3S/c1-10-4-3-5-12(8-10)6-7-13-17(15,16)11(2)9-14/h3-5,8,11,13-14H,6-7,9H2,1-2H3. The van der Waals surface area contributed by atoms with Gasteiger partial charge in [0.2, 0.25) is 10.0 Å². The van der Waals surface area contributed by atoms with E-state index in [1.807, 2.05) is 31.2 Å². The van der Waals surface area contributed by atoms with E-state index in [0.717, 1.165) is 11.1 Å². The van der Waals surface area contributed by atoms with E-state index in [4.69, 9.17) is 5.11 Å². The number of hydrogen-bond donors (Lipinski definition) is 2. The van der Waals surface area contributed by atoms with Gasteiger partial charge >= 0.3 is 0 Å². The summed E-state index contributed by atoms with van der Waals surface area (Å²) < 4.78 is 25.6. The zero-order valence-corrected chi connectivity index (χ0v) is 11.0. The second kappa shape index (κ2) is 6.14. The van der Waals surface area contributed by atoms with Crippen LogP contribution in [0.25, 0.3) is 0 Å². The van der Waals surface area contributed by atoms with Crippen LogP contribution in [0.5, 0.6) is 0 Å². The van der Waals surface area contributed by atoms with Gasteiger partial charge < -0.3 is 5.11 Å². The van der Waals surface area contributed by atoms with Crippen molar-refractivity contribution in [3.63, 3.8) is 0 Å². The zero-order valence-electron chi connectivity index (χ0n) is 10.2. The van der Waals surface area contributed by atoms with Gasteiger partial charge in [0, 0.05) is 6.54 Å². The number of rotatable bonds is 6. The molecule has 1 atom stereocenters. The van der Waals surface area contributed by atoms with E-state index < -0.39 is 15.3 Å². The molecule has 0 amide bonds. The van der Waals surface area contributed by atoms with Crippen LogP contribution in [0, 0.1) is 6.92 Å². The lowest BCUT2D eigenvalue weighted by atomic mass is 10.1. The predicted molar refractivity (Wildman–Crippen MR) is 68.4 cm³/mol. The molecule has 0 aromatic heterocycles. The third-order valence-corrected chi connectivity index (χ3v) is 4.40. The summed E-state index contributed by atoms with van der Waals surface area (Å²) in [4.78, 5) is 0. The van der Waals surface area contributed by atoms with Gasteiger partial charge in [0.25, 0.3) is 0 Å². The SMILES string of the molecule is Cc1cccc(CCNS(=O)(=O)C(C)CO)c1. The Morgan fingerprint density at radius 1 is 1.41 bits per heavy atom. The Labute approximate surface area is 103 Å². The Kier molecular flexibility index (Phi) is 5.11. The van der Waals surface area contributed by atoms with Crippen LogP contribution in [0.15, 0.2) is 24.3 Å². The summed E-state index contributed by atoms with van der Waals surface area (Å²) in [5, 5.41) is 8.04. The van der Waals surface area contributed by atoms with Crippen LogP contribution in [0.2, 0.25) is 0 Å². The summed E-state index contributed by atoms with van der Waals surface area (Å²) in [5.74, 6) is 0. The molecule has 4 nitrogen and oxygen atoms in total. The van der Waals surface area contributed by atoms with Crippen molar-refractivity contribution >= 4 is 10.0 Å². The molecule has 2 N–H and O–H groups in total. The van der Waals surface area contributed by atoms with Crippen LogP contribution < -0.4 is 4.72 Å². The van der Waals surface area contributed by atoms with E-state index >= 15 is 0 Å². The highest BCUT2D eigenvalue weighted by Crippen LogP contribution is 2.04. The minimum absolute atomic E-state index is 0.357. The minimum Gasteiger partial charge on any atom is -0.395 e. The molecule has 0 fully saturated rings. The van der Waals surface area contributed by atoms with Crippen molar-refractivity contribution in [1.29, 1.82) is 0 Å². The van der Waals surface area contributed by atoms with Crippen LogP contribution in [-0.2, 0) is 16.4 Å². The Bertz CT molecular complexity index is 457. The molecule has 0 heterocycles. The smallest absolute Gasteiger partial charge is 0.216 e. The first-order chi connectivity index (χ1) is 7.95. The van der Waals surface area contributed by atoms with Crippen molar-refractivity contribution in [1.82, 2.24) is 4.72 Å². The topological polar surface area (TPSA) is 66.4 Å². The van der Waals surface area contributed by atoms with Gasteiger partial charge in [0.1, 0.15) is 0 Å². The van der Waals surface area contributed by atoms with Gasteiger partial charge in [-0.25, -0.2) is 13.1 Å². The maximum Gasteiger partial charge on any atom is 0.216 e. The number of sulfonamides is 1. The van der Waals surface area contributed by atoms with E-state index in [1.165, 1.54) is 6.92 Å². The summed E-state index contributed by atoms with van der Waals surface area (Å²) in [7, 11) is -3.39. The number of aryl methyl sites for hydroxylation is 1. The number of nitrogens with one attached hydrogen (secondary N) is 1. The fourth-order valence-corrected chi connectivity index (χ4v) is 2.31. The summed E-state index contributed by atoms with van der Waals surface area (Å²) in [6.45, 7) is 3.48. The maximum absolute atomic E-state index is 11.5. The van der Waals surface area contributed by atoms with Crippen molar-refractivity contribution in [2.24, 2.45) is 0 Å². The first-order valence-electron chi connectivity index (χ1n) is 5.60. The van der Waals surface area contributed by atoms with Gasteiger partial charge in [-0.3, -0.25) is 0 Å². The predicted octanol–water partition coefficient (Wildman–Crippen LogP) is 0.838. The molecule has 5 heteroatoms. The third-order valence-electron chi connectivity index (χ3n) is 2.59. The Morgan fingerprint density at radius 2 is 2.12 bits per heavy atom. The molecule has 1 aromatic rings. The lowest BCUT2D eigenvalue weighted by molar-refractivity contribution is 0.295. The quantitative estimate of drug-likeness (QED) is 0.793. The fraction of sp³-hybridized carbons (Fsp3) is 0.500. The molecule has 96 valence electrons. The van der Waals surface area contributed by atoms with Gasteiger partial charge in [0.05, 0.1) is 11.9 Å². The summed E-state index contributed by atoms with van der Waals surface area (Å²) in [6.07, 6.45) is 0.652. The molecule has 17 heavy (non-hydrogen) atoms. The van der Waals surface area contributed by atoms with Gasteiger partial charge in [-0.1, -0.05) is 29.8 Å². The van der Waals surface area contributed by atoms with Crippen molar-refractivity contribution in [2.45, 2.75) is 25.5 Å². The molecule has 0 aliphatic carbocycles. The number of aliphatic hydroxyl groups is 1. The molecule has 0 saturated heterocycles. The normalized spacial score (nSPS) is 13.6.